The van der Waals surface area contributed by atoms with Gasteiger partial charge in [0, 0.05) is 10.0 Å². The van der Waals surface area contributed by atoms with E-state index in [1.54, 1.807) is 6.07 Å². The van der Waals surface area contributed by atoms with Crippen LogP contribution in [0, 0.1) is 5.82 Å². The number of nitrogens with one attached hydrogen (secondary N) is 1. The molecule has 0 fully saturated rings. The van der Waals surface area contributed by atoms with Crippen molar-refractivity contribution in [2.45, 2.75) is 6.04 Å². The molecule has 0 aromatic heterocycles. The molecule has 0 saturated heterocycles. The lowest BCUT2D eigenvalue weighted by molar-refractivity contribution is 0.575. The van der Waals surface area contributed by atoms with Crippen LogP contribution in [0.15, 0.2) is 53.0 Å². The van der Waals surface area contributed by atoms with E-state index in [-0.39, 0.29) is 11.9 Å². The molecule has 0 amide bonds. The van der Waals surface area contributed by atoms with Gasteiger partial charge in [-0.3, -0.25) is 0 Å². The Labute approximate surface area is 109 Å². The Hall–Kier alpha value is -1.19. The lowest BCUT2D eigenvalue weighted by Gasteiger charge is -2.18. The molecule has 1 atom stereocenters. The number of hydrogen-bond acceptors (Lipinski definition) is 1. The molecule has 0 saturated carbocycles. The highest BCUT2D eigenvalue weighted by Gasteiger charge is 2.15. The molecule has 2 aromatic rings. The van der Waals surface area contributed by atoms with Crippen molar-refractivity contribution in [3.8, 4) is 0 Å². The second-order valence-electron chi connectivity index (χ2n) is 3.80. The van der Waals surface area contributed by atoms with Crippen molar-refractivity contribution in [2.75, 3.05) is 7.05 Å². The van der Waals surface area contributed by atoms with Crippen LogP contribution in [0.4, 0.5) is 4.39 Å². The molecule has 0 aliphatic rings. The van der Waals surface area contributed by atoms with E-state index in [4.69, 9.17) is 0 Å². The summed E-state index contributed by atoms with van der Waals surface area (Å²) in [5.41, 5.74) is 1.71. The van der Waals surface area contributed by atoms with Crippen molar-refractivity contribution in [3.63, 3.8) is 0 Å². The molecule has 0 heterocycles. The number of benzene rings is 2. The average molecular weight is 294 g/mol. The Balaban J connectivity index is 2.42. The van der Waals surface area contributed by atoms with Crippen molar-refractivity contribution in [3.05, 3.63) is 69.9 Å². The highest BCUT2D eigenvalue weighted by atomic mass is 79.9. The Morgan fingerprint density at radius 2 is 1.82 bits per heavy atom. The van der Waals surface area contributed by atoms with Gasteiger partial charge in [0.25, 0.3) is 0 Å². The minimum atomic E-state index is -0.206. The molecule has 3 heteroatoms. The van der Waals surface area contributed by atoms with Crippen LogP contribution in [-0.4, -0.2) is 7.05 Å². The monoisotopic (exact) mass is 293 g/mol. The summed E-state index contributed by atoms with van der Waals surface area (Å²) in [6, 6.07) is 14.9. The maximum atomic E-state index is 13.9. The quantitative estimate of drug-likeness (QED) is 0.905. The first-order chi connectivity index (χ1) is 8.22. The summed E-state index contributed by atoms with van der Waals surface area (Å²) in [6.07, 6.45) is 0. The number of hydrogen-bond donors (Lipinski definition) is 1. The van der Waals surface area contributed by atoms with Gasteiger partial charge in [-0.05, 0) is 24.7 Å². The SMILES string of the molecule is CNC(c1ccccc1)c1ccc(Br)cc1F. The molecule has 0 bridgehead atoms. The van der Waals surface area contributed by atoms with Crippen molar-refractivity contribution in [2.24, 2.45) is 0 Å². The van der Waals surface area contributed by atoms with E-state index >= 15 is 0 Å². The fourth-order valence-corrected chi connectivity index (χ4v) is 2.22. The normalized spacial score (nSPS) is 12.4. The molecule has 0 spiro atoms. The second-order valence-corrected chi connectivity index (χ2v) is 4.71. The van der Waals surface area contributed by atoms with E-state index in [1.165, 1.54) is 6.07 Å². The standard InChI is InChI=1S/C14H13BrFN/c1-17-14(10-5-3-2-4-6-10)12-8-7-11(15)9-13(12)16/h2-9,14,17H,1H3. The van der Waals surface area contributed by atoms with E-state index in [1.807, 2.05) is 43.4 Å². The molecular formula is C14H13BrFN. The Kier molecular flexibility index (Phi) is 3.92. The van der Waals surface area contributed by atoms with Gasteiger partial charge in [-0.2, -0.15) is 0 Å². The zero-order chi connectivity index (χ0) is 12.3. The predicted octanol–water partition coefficient (Wildman–Crippen LogP) is 3.90. The minimum Gasteiger partial charge on any atom is -0.309 e. The fraction of sp³-hybridized carbons (Fsp3) is 0.143. The largest absolute Gasteiger partial charge is 0.309 e. The van der Waals surface area contributed by atoms with E-state index in [0.717, 1.165) is 10.0 Å². The van der Waals surface area contributed by atoms with Crippen LogP contribution in [0.25, 0.3) is 0 Å². The molecule has 1 unspecified atom stereocenters. The minimum absolute atomic E-state index is 0.121. The summed E-state index contributed by atoms with van der Waals surface area (Å²) in [6.45, 7) is 0. The first-order valence-corrected chi connectivity index (χ1v) is 6.19. The number of rotatable bonds is 3. The van der Waals surface area contributed by atoms with Gasteiger partial charge in [0.1, 0.15) is 5.82 Å². The van der Waals surface area contributed by atoms with Gasteiger partial charge in [0.15, 0.2) is 0 Å². The van der Waals surface area contributed by atoms with Crippen LogP contribution in [0.5, 0.6) is 0 Å². The van der Waals surface area contributed by atoms with Crippen LogP contribution in [0.3, 0.4) is 0 Å². The molecule has 17 heavy (non-hydrogen) atoms. The van der Waals surface area contributed by atoms with Crippen molar-refractivity contribution in [1.29, 1.82) is 0 Å². The van der Waals surface area contributed by atoms with Crippen molar-refractivity contribution < 1.29 is 4.39 Å². The number of halogens is 2. The van der Waals surface area contributed by atoms with E-state index < -0.39 is 0 Å². The molecule has 0 radical (unpaired) electrons. The molecule has 0 aliphatic carbocycles. The fourth-order valence-electron chi connectivity index (χ4n) is 1.88. The summed E-state index contributed by atoms with van der Waals surface area (Å²) < 4.78 is 14.7. The summed E-state index contributed by atoms with van der Waals surface area (Å²) in [5.74, 6) is -0.206. The van der Waals surface area contributed by atoms with Crippen molar-refractivity contribution in [1.82, 2.24) is 5.32 Å². The molecule has 1 nitrogen and oxygen atoms in total. The summed E-state index contributed by atoms with van der Waals surface area (Å²) in [4.78, 5) is 0. The van der Waals surface area contributed by atoms with Crippen molar-refractivity contribution >= 4 is 15.9 Å². The van der Waals surface area contributed by atoms with Gasteiger partial charge >= 0.3 is 0 Å². The first kappa shape index (κ1) is 12.3. The van der Waals surface area contributed by atoms with Gasteiger partial charge in [0.05, 0.1) is 6.04 Å². The molecule has 2 rings (SSSR count). The predicted molar refractivity (Wildman–Crippen MR) is 71.4 cm³/mol. The van der Waals surface area contributed by atoms with Gasteiger partial charge < -0.3 is 5.32 Å². The highest BCUT2D eigenvalue weighted by Crippen LogP contribution is 2.26. The van der Waals surface area contributed by atoms with Crippen LogP contribution in [-0.2, 0) is 0 Å². The van der Waals surface area contributed by atoms with Crippen LogP contribution < -0.4 is 5.32 Å². The second kappa shape index (κ2) is 5.43. The first-order valence-electron chi connectivity index (χ1n) is 5.39. The summed E-state index contributed by atoms with van der Waals surface area (Å²) in [5, 5.41) is 3.14. The van der Waals surface area contributed by atoms with Crippen LogP contribution in [0.2, 0.25) is 0 Å². The lowest BCUT2D eigenvalue weighted by atomic mass is 9.98. The van der Waals surface area contributed by atoms with Gasteiger partial charge in [-0.25, -0.2) is 4.39 Å². The summed E-state index contributed by atoms with van der Waals surface area (Å²) in [7, 11) is 1.83. The van der Waals surface area contributed by atoms with E-state index in [9.17, 15) is 4.39 Å². The van der Waals surface area contributed by atoms with Gasteiger partial charge in [0.2, 0.25) is 0 Å². The molecule has 88 valence electrons. The zero-order valence-electron chi connectivity index (χ0n) is 9.45. The molecular weight excluding hydrogens is 281 g/mol. The lowest BCUT2D eigenvalue weighted by Crippen LogP contribution is -2.18. The third-order valence-corrected chi connectivity index (χ3v) is 3.19. The maximum absolute atomic E-state index is 13.9. The van der Waals surface area contributed by atoms with E-state index in [0.29, 0.717) is 5.56 Å². The molecule has 0 aliphatic heterocycles. The maximum Gasteiger partial charge on any atom is 0.129 e. The average Bonchev–Trinajstić information content (AvgIpc) is 2.34. The topological polar surface area (TPSA) is 12.0 Å². The molecule has 1 N–H and O–H groups in total. The smallest absolute Gasteiger partial charge is 0.129 e. The summed E-state index contributed by atoms with van der Waals surface area (Å²) >= 11 is 3.26. The van der Waals surface area contributed by atoms with Crippen LogP contribution in [0.1, 0.15) is 17.2 Å². The van der Waals surface area contributed by atoms with Gasteiger partial charge in [-0.1, -0.05) is 52.3 Å². The van der Waals surface area contributed by atoms with Gasteiger partial charge in [-0.15, -0.1) is 0 Å². The Bertz CT molecular complexity index is 499. The van der Waals surface area contributed by atoms with Crippen LogP contribution >= 0.6 is 15.9 Å². The third kappa shape index (κ3) is 2.73. The zero-order valence-corrected chi connectivity index (χ0v) is 11.0. The third-order valence-electron chi connectivity index (χ3n) is 2.70. The molecule has 2 aromatic carbocycles. The Morgan fingerprint density at radius 1 is 1.12 bits per heavy atom. The van der Waals surface area contributed by atoms with E-state index in [2.05, 4.69) is 21.2 Å². The highest BCUT2D eigenvalue weighted by molar-refractivity contribution is 9.10. The Morgan fingerprint density at radius 3 is 2.41 bits per heavy atom.